The Morgan fingerprint density at radius 3 is 2.88 bits per heavy atom. The van der Waals surface area contributed by atoms with Gasteiger partial charge in [-0.15, -0.1) is 0 Å². The van der Waals surface area contributed by atoms with E-state index in [0.717, 1.165) is 47.8 Å². The molecule has 0 fully saturated rings. The Hall–Kier alpha value is -2.43. The number of aryl methyl sites for hydroxylation is 1. The van der Waals surface area contributed by atoms with Gasteiger partial charge < -0.3 is 10.1 Å². The van der Waals surface area contributed by atoms with Crippen LogP contribution in [0.25, 0.3) is 10.9 Å². The number of nitrogens with one attached hydrogen (secondary N) is 1. The molecule has 1 aliphatic rings. The van der Waals surface area contributed by atoms with Crippen molar-refractivity contribution in [1.29, 1.82) is 0 Å². The topological polar surface area (TPSA) is 68.3 Å². The van der Waals surface area contributed by atoms with Gasteiger partial charge in [-0.05, 0) is 50.2 Å². The second kappa shape index (κ2) is 7.85. The first-order chi connectivity index (χ1) is 12.5. The molecule has 5 nitrogen and oxygen atoms in total. The van der Waals surface area contributed by atoms with E-state index in [0.29, 0.717) is 11.5 Å². The first-order valence-corrected chi connectivity index (χ1v) is 9.36. The lowest BCUT2D eigenvalue weighted by Crippen LogP contribution is -2.35. The van der Waals surface area contributed by atoms with E-state index in [9.17, 15) is 9.59 Å². The number of aromatic nitrogens is 1. The number of para-hydroxylation sites is 1. The maximum Gasteiger partial charge on any atom is 0.339 e. The number of hydrogen-bond donors (Lipinski definition) is 1. The maximum atomic E-state index is 12.9. The molecule has 2 aromatic rings. The molecule has 1 N–H and O–H groups in total. The van der Waals surface area contributed by atoms with Crippen molar-refractivity contribution in [2.75, 3.05) is 6.61 Å². The number of hydrogen-bond acceptors (Lipinski definition) is 4. The van der Waals surface area contributed by atoms with Gasteiger partial charge in [0.05, 0.1) is 11.1 Å². The molecule has 0 saturated carbocycles. The molecular formula is C21H26N2O3. The average molecular weight is 354 g/mol. The van der Waals surface area contributed by atoms with Crippen LogP contribution in [-0.4, -0.2) is 29.5 Å². The van der Waals surface area contributed by atoms with Crippen LogP contribution in [0.4, 0.5) is 0 Å². The second-order valence-electron chi connectivity index (χ2n) is 7.23. The van der Waals surface area contributed by atoms with Crippen LogP contribution in [0, 0.1) is 5.92 Å². The summed E-state index contributed by atoms with van der Waals surface area (Å²) in [6.45, 7) is 5.85. The molecule has 0 radical (unpaired) electrons. The minimum atomic E-state index is -0.437. The van der Waals surface area contributed by atoms with Gasteiger partial charge in [0, 0.05) is 17.1 Å². The number of ether oxygens (including phenoxy) is 1. The van der Waals surface area contributed by atoms with Crippen molar-refractivity contribution in [3.8, 4) is 0 Å². The number of nitrogens with zero attached hydrogens (tertiary/aromatic N) is 1. The molecule has 2 unspecified atom stereocenters. The van der Waals surface area contributed by atoms with E-state index in [1.807, 2.05) is 38.1 Å². The number of carbonyl (C=O) groups is 2. The highest BCUT2D eigenvalue weighted by Crippen LogP contribution is 2.31. The molecule has 26 heavy (non-hydrogen) atoms. The van der Waals surface area contributed by atoms with Gasteiger partial charge in [-0.25, -0.2) is 4.79 Å². The fourth-order valence-corrected chi connectivity index (χ4v) is 3.42. The summed E-state index contributed by atoms with van der Waals surface area (Å²) in [6.07, 6.45) is 3.59. The number of rotatable bonds is 5. The Bertz CT molecular complexity index is 831. The zero-order valence-electron chi connectivity index (χ0n) is 15.7. The standard InChI is InChI=1S/C21H26N2O3/c1-4-14(3)22-19(24)12-26-21(25)20-15-7-5-6-8-17(15)23-18-10-9-13(2)11-16(18)20/h5-8,13-14H,4,9-12H2,1-3H3,(H,22,24). The summed E-state index contributed by atoms with van der Waals surface area (Å²) in [6, 6.07) is 7.70. The van der Waals surface area contributed by atoms with Gasteiger partial charge in [0.1, 0.15) is 0 Å². The molecule has 0 aliphatic heterocycles. The summed E-state index contributed by atoms with van der Waals surface area (Å²) in [5, 5.41) is 3.61. The van der Waals surface area contributed by atoms with Crippen molar-refractivity contribution in [3.05, 3.63) is 41.1 Å². The van der Waals surface area contributed by atoms with Crippen molar-refractivity contribution < 1.29 is 14.3 Å². The highest BCUT2D eigenvalue weighted by molar-refractivity contribution is 6.05. The summed E-state index contributed by atoms with van der Waals surface area (Å²) in [7, 11) is 0. The van der Waals surface area contributed by atoms with Gasteiger partial charge >= 0.3 is 5.97 Å². The van der Waals surface area contributed by atoms with Crippen molar-refractivity contribution >= 4 is 22.8 Å². The smallest absolute Gasteiger partial charge is 0.339 e. The van der Waals surface area contributed by atoms with E-state index < -0.39 is 5.97 Å². The zero-order valence-corrected chi connectivity index (χ0v) is 15.7. The first-order valence-electron chi connectivity index (χ1n) is 9.36. The van der Waals surface area contributed by atoms with Crippen LogP contribution in [-0.2, 0) is 22.4 Å². The van der Waals surface area contributed by atoms with Crippen LogP contribution in [0.5, 0.6) is 0 Å². The molecule has 1 aliphatic carbocycles. The molecule has 2 atom stereocenters. The normalized spacial score (nSPS) is 17.4. The third kappa shape index (κ3) is 3.87. The van der Waals surface area contributed by atoms with E-state index in [1.165, 1.54) is 0 Å². The van der Waals surface area contributed by atoms with Crippen molar-refractivity contribution in [2.24, 2.45) is 5.92 Å². The Kier molecular flexibility index (Phi) is 5.55. The number of fused-ring (bicyclic) bond motifs is 2. The summed E-state index contributed by atoms with van der Waals surface area (Å²) in [5.41, 5.74) is 3.35. The number of benzene rings is 1. The van der Waals surface area contributed by atoms with Gasteiger partial charge in [-0.2, -0.15) is 0 Å². The minimum Gasteiger partial charge on any atom is -0.452 e. The average Bonchev–Trinajstić information content (AvgIpc) is 2.64. The second-order valence-corrected chi connectivity index (χ2v) is 7.23. The van der Waals surface area contributed by atoms with E-state index in [1.54, 1.807) is 0 Å². The fourth-order valence-electron chi connectivity index (χ4n) is 3.42. The third-order valence-corrected chi connectivity index (χ3v) is 5.06. The van der Waals surface area contributed by atoms with Gasteiger partial charge in [0.15, 0.2) is 6.61 Å². The monoisotopic (exact) mass is 354 g/mol. The third-order valence-electron chi connectivity index (χ3n) is 5.06. The molecule has 0 bridgehead atoms. The molecular weight excluding hydrogens is 328 g/mol. The van der Waals surface area contributed by atoms with E-state index in [2.05, 4.69) is 12.2 Å². The SMILES string of the molecule is CCC(C)NC(=O)COC(=O)c1c2c(nc3ccccc13)CCC(C)C2. The molecule has 1 heterocycles. The Labute approximate surface area is 154 Å². The van der Waals surface area contributed by atoms with Gasteiger partial charge in [-0.3, -0.25) is 9.78 Å². The lowest BCUT2D eigenvalue weighted by Gasteiger charge is -2.24. The zero-order chi connectivity index (χ0) is 18.7. The molecule has 138 valence electrons. The summed E-state index contributed by atoms with van der Waals surface area (Å²) >= 11 is 0. The summed E-state index contributed by atoms with van der Waals surface area (Å²) in [4.78, 5) is 29.6. The van der Waals surface area contributed by atoms with E-state index >= 15 is 0 Å². The highest BCUT2D eigenvalue weighted by Gasteiger charge is 2.26. The van der Waals surface area contributed by atoms with Crippen LogP contribution in [0.2, 0.25) is 0 Å². The minimum absolute atomic E-state index is 0.0663. The number of carbonyl (C=O) groups excluding carboxylic acids is 2. The molecule has 0 spiro atoms. The van der Waals surface area contributed by atoms with Gasteiger partial charge in [-0.1, -0.05) is 32.0 Å². The quantitative estimate of drug-likeness (QED) is 0.835. The number of pyridine rings is 1. The Morgan fingerprint density at radius 1 is 1.35 bits per heavy atom. The predicted octanol–water partition coefficient (Wildman–Crippen LogP) is 3.43. The lowest BCUT2D eigenvalue weighted by molar-refractivity contribution is -0.124. The van der Waals surface area contributed by atoms with Crippen LogP contribution in [0.15, 0.2) is 24.3 Å². The number of amides is 1. The lowest BCUT2D eigenvalue weighted by atomic mass is 9.84. The predicted molar refractivity (Wildman–Crippen MR) is 101 cm³/mol. The van der Waals surface area contributed by atoms with E-state index in [4.69, 9.17) is 9.72 Å². The summed E-state index contributed by atoms with van der Waals surface area (Å²) < 4.78 is 5.37. The highest BCUT2D eigenvalue weighted by atomic mass is 16.5. The molecule has 1 amide bonds. The van der Waals surface area contributed by atoms with Crippen molar-refractivity contribution in [1.82, 2.24) is 10.3 Å². The molecule has 5 heteroatoms. The van der Waals surface area contributed by atoms with Crippen LogP contribution >= 0.6 is 0 Å². The molecule has 1 aromatic carbocycles. The van der Waals surface area contributed by atoms with Crippen LogP contribution < -0.4 is 5.32 Å². The van der Waals surface area contributed by atoms with Crippen molar-refractivity contribution in [2.45, 2.75) is 52.5 Å². The Balaban J connectivity index is 1.89. The number of esters is 1. The van der Waals surface area contributed by atoms with Crippen LogP contribution in [0.1, 0.15) is 55.2 Å². The van der Waals surface area contributed by atoms with E-state index in [-0.39, 0.29) is 18.6 Å². The molecule has 0 saturated heterocycles. The van der Waals surface area contributed by atoms with Gasteiger partial charge in [0.2, 0.25) is 0 Å². The molecule has 3 rings (SSSR count). The Morgan fingerprint density at radius 2 is 2.12 bits per heavy atom. The van der Waals surface area contributed by atoms with Gasteiger partial charge in [0.25, 0.3) is 5.91 Å². The molecule has 1 aromatic heterocycles. The fraction of sp³-hybridized carbons (Fsp3) is 0.476. The first kappa shape index (κ1) is 18.4. The maximum absolute atomic E-state index is 12.9. The van der Waals surface area contributed by atoms with Crippen molar-refractivity contribution in [3.63, 3.8) is 0 Å². The van der Waals surface area contributed by atoms with Crippen LogP contribution in [0.3, 0.4) is 0 Å². The largest absolute Gasteiger partial charge is 0.452 e. The summed E-state index contributed by atoms with van der Waals surface area (Å²) in [5.74, 6) is -0.202.